The molecule has 2 rings (SSSR count). The third kappa shape index (κ3) is 3.67. The highest BCUT2D eigenvalue weighted by Gasteiger charge is 2.08. The number of hydrogen-bond acceptors (Lipinski definition) is 3. The van der Waals surface area contributed by atoms with Crippen LogP contribution in [-0.2, 0) is 6.42 Å². The van der Waals surface area contributed by atoms with E-state index < -0.39 is 0 Å². The molecule has 0 atom stereocenters. The summed E-state index contributed by atoms with van der Waals surface area (Å²) < 4.78 is 15.7. The van der Waals surface area contributed by atoms with Gasteiger partial charge in [0.25, 0.3) is 0 Å². The Morgan fingerprint density at radius 1 is 1.50 bits per heavy atom. The molecule has 2 aromatic rings. The van der Waals surface area contributed by atoms with E-state index in [2.05, 4.69) is 9.98 Å². The maximum absolute atomic E-state index is 14.0. The largest absolute Gasteiger partial charge is 0.301 e. The first-order chi connectivity index (χ1) is 10.7. The zero-order chi connectivity index (χ0) is 15.9. The Morgan fingerprint density at radius 3 is 2.95 bits per heavy atom. The SMILES string of the molecule is C/C=C\C(CCc1ccc(F)c(-n2ccnc2C)c1)=N/C#N. The van der Waals surface area contributed by atoms with Crippen LogP contribution in [0.1, 0.15) is 24.7 Å². The lowest BCUT2D eigenvalue weighted by atomic mass is 10.1. The molecule has 0 N–H and O–H groups in total. The van der Waals surface area contributed by atoms with Gasteiger partial charge >= 0.3 is 0 Å². The van der Waals surface area contributed by atoms with Gasteiger partial charge in [-0.1, -0.05) is 12.1 Å². The molecule has 5 heteroatoms. The molecule has 4 nitrogen and oxygen atoms in total. The molecular formula is C17H17FN4. The van der Waals surface area contributed by atoms with E-state index in [4.69, 9.17) is 5.26 Å². The normalized spacial score (nSPS) is 11.8. The van der Waals surface area contributed by atoms with Gasteiger partial charge in [-0.3, -0.25) is 0 Å². The molecule has 22 heavy (non-hydrogen) atoms. The summed E-state index contributed by atoms with van der Waals surface area (Å²) in [7, 11) is 0. The minimum Gasteiger partial charge on any atom is -0.301 e. The van der Waals surface area contributed by atoms with Crippen molar-refractivity contribution < 1.29 is 4.39 Å². The Labute approximate surface area is 129 Å². The lowest BCUT2D eigenvalue weighted by Crippen LogP contribution is -2.02. The van der Waals surface area contributed by atoms with Crippen molar-refractivity contribution in [3.05, 3.63) is 59.9 Å². The van der Waals surface area contributed by atoms with E-state index in [9.17, 15) is 4.39 Å². The molecular weight excluding hydrogens is 279 g/mol. The van der Waals surface area contributed by atoms with Crippen LogP contribution in [0.25, 0.3) is 5.69 Å². The standard InChI is InChI=1S/C17H17FN4/c1-3-4-15(21-12-19)7-5-14-6-8-16(18)17(11-14)22-10-9-20-13(22)2/h3-4,6,8-11H,5,7H2,1-2H3/b4-3-,21-15+. The van der Waals surface area contributed by atoms with Crippen LogP contribution in [0.2, 0.25) is 0 Å². The zero-order valence-corrected chi connectivity index (χ0v) is 12.6. The van der Waals surface area contributed by atoms with E-state index in [1.54, 1.807) is 29.2 Å². The van der Waals surface area contributed by atoms with E-state index in [-0.39, 0.29) is 5.82 Å². The third-order valence-electron chi connectivity index (χ3n) is 3.32. The Kier molecular flexibility index (Phi) is 5.21. The zero-order valence-electron chi connectivity index (χ0n) is 12.6. The van der Waals surface area contributed by atoms with Gasteiger partial charge < -0.3 is 4.57 Å². The van der Waals surface area contributed by atoms with E-state index in [1.165, 1.54) is 6.07 Å². The van der Waals surface area contributed by atoms with Crippen molar-refractivity contribution in [2.45, 2.75) is 26.7 Å². The fourth-order valence-corrected chi connectivity index (χ4v) is 2.24. The minimum absolute atomic E-state index is 0.288. The number of nitriles is 1. The van der Waals surface area contributed by atoms with Crippen LogP contribution in [0.5, 0.6) is 0 Å². The van der Waals surface area contributed by atoms with Crippen LogP contribution in [0.15, 0.2) is 47.7 Å². The number of hydrogen-bond donors (Lipinski definition) is 0. The summed E-state index contributed by atoms with van der Waals surface area (Å²) in [4.78, 5) is 7.90. The Hall–Kier alpha value is -2.74. The number of benzene rings is 1. The highest BCUT2D eigenvalue weighted by molar-refractivity contribution is 5.95. The number of aryl methyl sites for hydroxylation is 2. The number of aromatic nitrogens is 2. The quantitative estimate of drug-likeness (QED) is 0.623. The minimum atomic E-state index is -0.288. The van der Waals surface area contributed by atoms with Crippen molar-refractivity contribution in [1.29, 1.82) is 5.26 Å². The first-order valence-corrected chi connectivity index (χ1v) is 7.02. The topological polar surface area (TPSA) is 54.0 Å². The molecule has 0 bridgehead atoms. The average Bonchev–Trinajstić information content (AvgIpc) is 2.92. The summed E-state index contributed by atoms with van der Waals surface area (Å²) in [5, 5.41) is 8.67. The first kappa shape index (κ1) is 15.6. The van der Waals surface area contributed by atoms with Crippen molar-refractivity contribution in [3.63, 3.8) is 0 Å². The monoisotopic (exact) mass is 296 g/mol. The van der Waals surface area contributed by atoms with Crippen LogP contribution in [0.3, 0.4) is 0 Å². The van der Waals surface area contributed by atoms with Crippen molar-refractivity contribution in [2.24, 2.45) is 4.99 Å². The Morgan fingerprint density at radius 2 is 2.32 bits per heavy atom. The highest BCUT2D eigenvalue weighted by atomic mass is 19.1. The number of aliphatic imine (C=N–C) groups is 1. The summed E-state index contributed by atoms with van der Waals surface area (Å²) in [5.41, 5.74) is 2.19. The van der Waals surface area contributed by atoms with E-state index in [1.807, 2.05) is 32.1 Å². The molecule has 0 aliphatic heterocycles. The second kappa shape index (κ2) is 7.32. The molecule has 0 spiro atoms. The molecule has 0 fully saturated rings. The van der Waals surface area contributed by atoms with Gasteiger partial charge in [0.2, 0.25) is 6.19 Å². The molecule has 0 saturated heterocycles. The predicted octanol–water partition coefficient (Wildman–Crippen LogP) is 3.75. The van der Waals surface area contributed by atoms with Crippen LogP contribution < -0.4 is 0 Å². The predicted molar refractivity (Wildman–Crippen MR) is 84.4 cm³/mol. The summed E-state index contributed by atoms with van der Waals surface area (Å²) in [6, 6.07) is 5.02. The Bertz CT molecular complexity index is 750. The van der Waals surface area contributed by atoms with Gasteiger partial charge in [0.15, 0.2) is 0 Å². The van der Waals surface area contributed by atoms with Gasteiger partial charge in [0, 0.05) is 12.4 Å². The van der Waals surface area contributed by atoms with Crippen LogP contribution in [0, 0.1) is 24.2 Å². The molecule has 0 aliphatic carbocycles. The van der Waals surface area contributed by atoms with Gasteiger partial charge in [0.05, 0.1) is 11.4 Å². The lowest BCUT2D eigenvalue weighted by Gasteiger charge is -2.09. The second-order valence-electron chi connectivity index (χ2n) is 4.83. The molecule has 0 unspecified atom stereocenters. The summed E-state index contributed by atoms with van der Waals surface area (Å²) in [5.74, 6) is 0.445. The van der Waals surface area contributed by atoms with Crippen LogP contribution in [0.4, 0.5) is 4.39 Å². The number of allylic oxidation sites excluding steroid dienone is 2. The number of nitrogens with zero attached hydrogens (tertiary/aromatic N) is 4. The molecule has 0 radical (unpaired) electrons. The van der Waals surface area contributed by atoms with Gasteiger partial charge in [-0.25, -0.2) is 9.37 Å². The first-order valence-electron chi connectivity index (χ1n) is 7.02. The molecule has 0 saturated carbocycles. The fourth-order valence-electron chi connectivity index (χ4n) is 2.24. The van der Waals surface area contributed by atoms with E-state index in [0.29, 0.717) is 18.5 Å². The maximum Gasteiger partial charge on any atom is 0.205 e. The molecule has 1 aromatic carbocycles. The van der Waals surface area contributed by atoms with Crippen molar-refractivity contribution in [3.8, 4) is 11.9 Å². The fraction of sp³-hybridized carbons (Fsp3) is 0.235. The van der Waals surface area contributed by atoms with Crippen molar-refractivity contribution in [2.75, 3.05) is 0 Å². The van der Waals surface area contributed by atoms with E-state index in [0.717, 1.165) is 17.1 Å². The second-order valence-corrected chi connectivity index (χ2v) is 4.83. The average molecular weight is 296 g/mol. The van der Waals surface area contributed by atoms with Crippen LogP contribution >= 0.6 is 0 Å². The lowest BCUT2D eigenvalue weighted by molar-refractivity contribution is 0.615. The smallest absolute Gasteiger partial charge is 0.205 e. The molecule has 1 aromatic heterocycles. The van der Waals surface area contributed by atoms with Crippen molar-refractivity contribution >= 4 is 5.71 Å². The summed E-state index contributed by atoms with van der Waals surface area (Å²) in [6.45, 7) is 3.71. The van der Waals surface area contributed by atoms with Crippen LogP contribution in [-0.4, -0.2) is 15.3 Å². The number of halogens is 1. The Balaban J connectivity index is 2.22. The van der Waals surface area contributed by atoms with Gasteiger partial charge in [-0.15, -0.1) is 0 Å². The van der Waals surface area contributed by atoms with Gasteiger partial charge in [-0.2, -0.15) is 10.3 Å². The molecule has 0 aliphatic rings. The van der Waals surface area contributed by atoms with Gasteiger partial charge in [0.1, 0.15) is 11.6 Å². The summed E-state index contributed by atoms with van der Waals surface area (Å²) in [6.07, 6.45) is 10.2. The molecule has 112 valence electrons. The highest BCUT2D eigenvalue weighted by Crippen LogP contribution is 2.18. The van der Waals surface area contributed by atoms with E-state index >= 15 is 0 Å². The molecule has 1 heterocycles. The number of rotatable bonds is 5. The third-order valence-corrected chi connectivity index (χ3v) is 3.32. The molecule has 0 amide bonds. The summed E-state index contributed by atoms with van der Waals surface area (Å²) >= 11 is 0. The number of imidazole rings is 1. The maximum atomic E-state index is 14.0. The van der Waals surface area contributed by atoms with Gasteiger partial charge in [-0.05, 0) is 50.5 Å². The van der Waals surface area contributed by atoms with Crippen molar-refractivity contribution in [1.82, 2.24) is 9.55 Å².